The summed E-state index contributed by atoms with van der Waals surface area (Å²) in [4.78, 5) is 0. The van der Waals surface area contributed by atoms with Crippen molar-refractivity contribution in [3.63, 3.8) is 0 Å². The SMILES string of the molecule is CNCCCCCCCCCCCO[C@@H]1OC(CO)C(O)C1O. The number of aliphatic hydroxyl groups is 3. The van der Waals surface area contributed by atoms with Gasteiger partial charge in [-0.2, -0.15) is 0 Å². The van der Waals surface area contributed by atoms with Gasteiger partial charge in [-0.25, -0.2) is 0 Å². The van der Waals surface area contributed by atoms with E-state index in [0.29, 0.717) is 6.61 Å². The van der Waals surface area contributed by atoms with Crippen molar-refractivity contribution in [2.24, 2.45) is 0 Å². The third-order valence-electron chi connectivity index (χ3n) is 4.35. The molecule has 138 valence electrons. The molecule has 6 heteroatoms. The first-order chi connectivity index (χ1) is 11.2. The first kappa shape index (κ1) is 20.8. The minimum absolute atomic E-state index is 0.312. The number of ether oxygens (including phenoxy) is 2. The molecule has 1 aliphatic heterocycles. The Hall–Kier alpha value is -0.240. The molecule has 4 N–H and O–H groups in total. The Bertz CT molecular complexity index is 280. The van der Waals surface area contributed by atoms with Crippen LogP contribution in [0.3, 0.4) is 0 Å². The summed E-state index contributed by atoms with van der Waals surface area (Å²) in [5.41, 5.74) is 0. The van der Waals surface area contributed by atoms with E-state index in [9.17, 15) is 10.2 Å². The number of nitrogens with one attached hydrogen (secondary N) is 1. The zero-order valence-corrected chi connectivity index (χ0v) is 14.5. The topological polar surface area (TPSA) is 91.2 Å². The van der Waals surface area contributed by atoms with Gasteiger partial charge in [-0.1, -0.05) is 44.9 Å². The molecule has 23 heavy (non-hydrogen) atoms. The molecule has 6 nitrogen and oxygen atoms in total. The zero-order valence-electron chi connectivity index (χ0n) is 14.5. The normalized spacial score (nSPS) is 27.7. The molecule has 0 aromatic rings. The van der Waals surface area contributed by atoms with Gasteiger partial charge in [-0.3, -0.25) is 0 Å². The molecule has 0 radical (unpaired) electrons. The predicted molar refractivity (Wildman–Crippen MR) is 89.2 cm³/mol. The second-order valence-corrected chi connectivity index (χ2v) is 6.36. The Morgan fingerprint density at radius 3 is 1.96 bits per heavy atom. The van der Waals surface area contributed by atoms with E-state index in [-0.39, 0.29) is 6.61 Å². The summed E-state index contributed by atoms with van der Waals surface area (Å²) in [6.07, 6.45) is 7.33. The summed E-state index contributed by atoms with van der Waals surface area (Å²) in [5.74, 6) is 0. The van der Waals surface area contributed by atoms with Crippen molar-refractivity contribution in [1.29, 1.82) is 0 Å². The molecule has 0 spiro atoms. The molecule has 0 aromatic carbocycles. The molecule has 1 aliphatic rings. The van der Waals surface area contributed by atoms with E-state index >= 15 is 0 Å². The summed E-state index contributed by atoms with van der Waals surface area (Å²) in [5, 5.41) is 31.5. The van der Waals surface area contributed by atoms with Crippen LogP contribution in [0.4, 0.5) is 0 Å². The van der Waals surface area contributed by atoms with Gasteiger partial charge in [0.05, 0.1) is 6.61 Å². The van der Waals surface area contributed by atoms with E-state index in [1.807, 2.05) is 7.05 Å². The monoisotopic (exact) mass is 333 g/mol. The molecular weight excluding hydrogens is 298 g/mol. The molecule has 3 unspecified atom stereocenters. The fraction of sp³-hybridized carbons (Fsp3) is 1.00. The van der Waals surface area contributed by atoms with Crippen molar-refractivity contribution in [1.82, 2.24) is 5.32 Å². The molecule has 1 rings (SSSR count). The Kier molecular flexibility index (Phi) is 11.8. The molecule has 1 saturated heterocycles. The summed E-state index contributed by atoms with van der Waals surface area (Å²) in [7, 11) is 2.00. The Balaban J connectivity index is 1.87. The van der Waals surface area contributed by atoms with E-state index < -0.39 is 24.6 Å². The summed E-state index contributed by atoms with van der Waals surface area (Å²) >= 11 is 0. The average molecular weight is 333 g/mol. The number of rotatable bonds is 14. The van der Waals surface area contributed by atoms with Gasteiger partial charge in [0.1, 0.15) is 18.3 Å². The highest BCUT2D eigenvalue weighted by Crippen LogP contribution is 2.22. The van der Waals surface area contributed by atoms with Gasteiger partial charge >= 0.3 is 0 Å². The number of hydrogen-bond acceptors (Lipinski definition) is 6. The van der Waals surface area contributed by atoms with Crippen LogP contribution in [0.1, 0.15) is 57.8 Å². The van der Waals surface area contributed by atoms with E-state index in [1.54, 1.807) is 0 Å². The maximum Gasteiger partial charge on any atom is 0.186 e. The Morgan fingerprint density at radius 2 is 1.43 bits per heavy atom. The Labute approximate surface area is 140 Å². The lowest BCUT2D eigenvalue weighted by Gasteiger charge is -2.15. The quantitative estimate of drug-likeness (QED) is 0.357. The molecule has 0 bridgehead atoms. The minimum atomic E-state index is -1.07. The summed E-state index contributed by atoms with van der Waals surface area (Å²) in [6.45, 7) is 1.32. The van der Waals surface area contributed by atoms with Crippen LogP contribution in [0.5, 0.6) is 0 Å². The molecule has 0 aliphatic carbocycles. The lowest BCUT2D eigenvalue weighted by Crippen LogP contribution is -2.34. The molecular formula is C17H35NO5. The zero-order chi connectivity index (χ0) is 16.9. The van der Waals surface area contributed by atoms with E-state index in [2.05, 4.69) is 5.32 Å². The van der Waals surface area contributed by atoms with Gasteiger partial charge in [-0.15, -0.1) is 0 Å². The summed E-state index contributed by atoms with van der Waals surface area (Å²) < 4.78 is 10.7. The fourth-order valence-electron chi connectivity index (χ4n) is 2.84. The third-order valence-corrected chi connectivity index (χ3v) is 4.35. The van der Waals surface area contributed by atoms with Crippen LogP contribution in [0.15, 0.2) is 0 Å². The van der Waals surface area contributed by atoms with Crippen LogP contribution < -0.4 is 5.32 Å². The van der Waals surface area contributed by atoms with Crippen LogP contribution in [0, 0.1) is 0 Å². The van der Waals surface area contributed by atoms with Gasteiger partial charge in [0.15, 0.2) is 6.29 Å². The molecule has 1 heterocycles. The van der Waals surface area contributed by atoms with Crippen molar-refractivity contribution >= 4 is 0 Å². The van der Waals surface area contributed by atoms with Crippen LogP contribution >= 0.6 is 0 Å². The van der Waals surface area contributed by atoms with E-state index in [4.69, 9.17) is 14.6 Å². The molecule has 0 aromatic heterocycles. The first-order valence-electron chi connectivity index (χ1n) is 9.09. The maximum absolute atomic E-state index is 9.72. The fourth-order valence-corrected chi connectivity index (χ4v) is 2.84. The van der Waals surface area contributed by atoms with Gasteiger partial charge in [-0.05, 0) is 26.4 Å². The van der Waals surface area contributed by atoms with Gasteiger partial charge in [0, 0.05) is 6.61 Å². The second kappa shape index (κ2) is 13.1. The summed E-state index contributed by atoms with van der Waals surface area (Å²) in [6, 6.07) is 0. The highest BCUT2D eigenvalue weighted by molar-refractivity contribution is 4.86. The van der Waals surface area contributed by atoms with Crippen LogP contribution in [-0.4, -0.2) is 66.7 Å². The van der Waals surface area contributed by atoms with Crippen LogP contribution in [-0.2, 0) is 9.47 Å². The second-order valence-electron chi connectivity index (χ2n) is 6.36. The van der Waals surface area contributed by atoms with Crippen molar-refractivity contribution in [2.75, 3.05) is 26.8 Å². The van der Waals surface area contributed by atoms with E-state index in [0.717, 1.165) is 19.4 Å². The maximum atomic E-state index is 9.72. The third kappa shape index (κ3) is 8.42. The van der Waals surface area contributed by atoms with Crippen molar-refractivity contribution in [3.8, 4) is 0 Å². The molecule has 0 saturated carbocycles. The highest BCUT2D eigenvalue weighted by Gasteiger charge is 2.42. The smallest absolute Gasteiger partial charge is 0.186 e. The molecule has 4 atom stereocenters. The lowest BCUT2D eigenvalue weighted by atomic mass is 10.1. The lowest BCUT2D eigenvalue weighted by molar-refractivity contribution is -0.169. The van der Waals surface area contributed by atoms with E-state index in [1.165, 1.54) is 44.9 Å². The molecule has 1 fully saturated rings. The van der Waals surface area contributed by atoms with Gasteiger partial charge in [0.2, 0.25) is 0 Å². The number of unbranched alkanes of at least 4 members (excludes halogenated alkanes) is 8. The molecule has 0 amide bonds. The number of hydrogen-bond donors (Lipinski definition) is 4. The predicted octanol–water partition coefficient (Wildman–Crippen LogP) is 1.17. The first-order valence-corrected chi connectivity index (χ1v) is 9.09. The van der Waals surface area contributed by atoms with Crippen molar-refractivity contribution in [3.05, 3.63) is 0 Å². The minimum Gasteiger partial charge on any atom is -0.394 e. The standard InChI is InChI=1S/C17H35NO5/c1-18-11-9-7-5-3-2-4-6-8-10-12-22-17-16(21)15(20)14(13-19)23-17/h14-21H,2-13H2,1H3/t14?,15?,16?,17-/m1/s1. The van der Waals surface area contributed by atoms with Crippen molar-refractivity contribution in [2.45, 2.75) is 82.4 Å². The van der Waals surface area contributed by atoms with Gasteiger partial charge in [0.25, 0.3) is 0 Å². The van der Waals surface area contributed by atoms with Gasteiger partial charge < -0.3 is 30.1 Å². The van der Waals surface area contributed by atoms with Crippen LogP contribution in [0.2, 0.25) is 0 Å². The highest BCUT2D eigenvalue weighted by atomic mass is 16.7. The van der Waals surface area contributed by atoms with Crippen molar-refractivity contribution < 1.29 is 24.8 Å². The number of aliphatic hydroxyl groups excluding tert-OH is 3. The van der Waals surface area contributed by atoms with Crippen LogP contribution in [0.25, 0.3) is 0 Å². The Morgan fingerprint density at radius 1 is 0.870 bits per heavy atom. The average Bonchev–Trinajstić information content (AvgIpc) is 2.83. The largest absolute Gasteiger partial charge is 0.394 e.